The second-order valence-electron chi connectivity index (χ2n) is 6.98. The van der Waals surface area contributed by atoms with E-state index in [9.17, 15) is 4.79 Å². The van der Waals surface area contributed by atoms with E-state index in [1.54, 1.807) is 4.90 Å². The van der Waals surface area contributed by atoms with Crippen molar-refractivity contribution >= 4 is 5.91 Å². The Bertz CT molecular complexity index is 911. The molecule has 4 rings (SSSR count). The molecule has 26 heavy (non-hydrogen) atoms. The van der Waals surface area contributed by atoms with E-state index in [-0.39, 0.29) is 11.8 Å². The number of benzene rings is 1. The molecule has 0 bridgehead atoms. The van der Waals surface area contributed by atoms with E-state index < -0.39 is 0 Å². The molecule has 6 nitrogen and oxygen atoms in total. The first-order valence-corrected chi connectivity index (χ1v) is 8.97. The number of aryl methyl sites for hydroxylation is 2. The van der Waals surface area contributed by atoms with Crippen molar-refractivity contribution in [3.63, 3.8) is 0 Å². The average molecular weight is 349 g/mol. The summed E-state index contributed by atoms with van der Waals surface area (Å²) in [6.45, 7) is 3.25. The van der Waals surface area contributed by atoms with Crippen LogP contribution < -0.4 is 0 Å². The van der Waals surface area contributed by atoms with Gasteiger partial charge in [-0.1, -0.05) is 30.3 Å². The Kier molecular flexibility index (Phi) is 4.32. The summed E-state index contributed by atoms with van der Waals surface area (Å²) in [5, 5.41) is 7.42. The van der Waals surface area contributed by atoms with Crippen LogP contribution in [0.5, 0.6) is 0 Å². The summed E-state index contributed by atoms with van der Waals surface area (Å²) < 4.78 is 2.17. The van der Waals surface area contributed by atoms with Gasteiger partial charge in [0.15, 0.2) is 0 Å². The number of H-pyrrole nitrogens is 1. The van der Waals surface area contributed by atoms with Crippen LogP contribution in [0.1, 0.15) is 23.6 Å². The van der Waals surface area contributed by atoms with Gasteiger partial charge in [0, 0.05) is 31.0 Å². The van der Waals surface area contributed by atoms with Crippen molar-refractivity contribution in [2.24, 2.45) is 5.92 Å². The molecule has 0 radical (unpaired) electrons. The molecule has 1 amide bonds. The third kappa shape index (κ3) is 3.14. The normalized spacial score (nSPS) is 16.3. The van der Waals surface area contributed by atoms with Gasteiger partial charge >= 0.3 is 0 Å². The number of aromatic nitrogens is 4. The van der Waals surface area contributed by atoms with E-state index >= 15 is 0 Å². The highest BCUT2D eigenvalue weighted by molar-refractivity contribution is 5.78. The molecule has 1 N–H and O–H groups in total. The smallest absolute Gasteiger partial charge is 0.227 e. The number of imidazole rings is 1. The van der Waals surface area contributed by atoms with Crippen LogP contribution in [-0.2, 0) is 24.3 Å². The van der Waals surface area contributed by atoms with Crippen molar-refractivity contribution in [2.45, 2.75) is 32.9 Å². The van der Waals surface area contributed by atoms with E-state index in [0.717, 1.165) is 42.2 Å². The molecule has 0 aliphatic carbocycles. The minimum Gasteiger partial charge on any atom is -0.340 e. The van der Waals surface area contributed by atoms with Gasteiger partial charge in [-0.15, -0.1) is 0 Å². The van der Waals surface area contributed by atoms with Gasteiger partial charge in [-0.3, -0.25) is 9.89 Å². The van der Waals surface area contributed by atoms with E-state index in [0.29, 0.717) is 6.54 Å². The molecule has 3 heterocycles. The number of rotatable bonds is 4. The maximum Gasteiger partial charge on any atom is 0.227 e. The van der Waals surface area contributed by atoms with Crippen molar-refractivity contribution in [1.82, 2.24) is 24.6 Å². The number of amides is 1. The number of carbonyl (C=O) groups excluding carboxylic acids is 1. The van der Waals surface area contributed by atoms with Crippen LogP contribution in [0.25, 0.3) is 11.3 Å². The van der Waals surface area contributed by atoms with Crippen molar-refractivity contribution in [3.05, 3.63) is 59.8 Å². The van der Waals surface area contributed by atoms with Crippen LogP contribution in [0.4, 0.5) is 0 Å². The van der Waals surface area contributed by atoms with Crippen molar-refractivity contribution in [3.8, 4) is 11.3 Å². The van der Waals surface area contributed by atoms with Crippen LogP contribution in [0.2, 0.25) is 0 Å². The lowest BCUT2D eigenvalue weighted by atomic mass is 9.96. The second-order valence-corrected chi connectivity index (χ2v) is 6.98. The maximum atomic E-state index is 12.9. The average Bonchev–Trinajstić information content (AvgIpc) is 3.28. The Morgan fingerprint density at radius 3 is 2.96 bits per heavy atom. The number of hydrogen-bond acceptors (Lipinski definition) is 3. The fourth-order valence-electron chi connectivity index (χ4n) is 3.64. The highest BCUT2D eigenvalue weighted by Crippen LogP contribution is 2.24. The molecule has 0 spiro atoms. The summed E-state index contributed by atoms with van der Waals surface area (Å²) in [5.74, 6) is 1.18. The van der Waals surface area contributed by atoms with E-state index in [1.807, 2.05) is 56.6 Å². The first kappa shape index (κ1) is 16.6. The molecular formula is C20H23N5O. The Labute approximate surface area is 152 Å². The molecular weight excluding hydrogens is 326 g/mol. The van der Waals surface area contributed by atoms with E-state index in [1.165, 1.54) is 5.69 Å². The molecule has 2 aromatic heterocycles. The molecule has 6 heteroatoms. The predicted octanol–water partition coefficient (Wildman–Crippen LogP) is 2.80. The third-order valence-electron chi connectivity index (χ3n) is 5.12. The number of nitrogens with one attached hydrogen (secondary N) is 1. The van der Waals surface area contributed by atoms with E-state index in [2.05, 4.69) is 19.7 Å². The Morgan fingerprint density at radius 2 is 2.15 bits per heavy atom. The van der Waals surface area contributed by atoms with E-state index in [4.69, 9.17) is 0 Å². The van der Waals surface area contributed by atoms with Crippen molar-refractivity contribution in [1.29, 1.82) is 0 Å². The summed E-state index contributed by atoms with van der Waals surface area (Å²) >= 11 is 0. The van der Waals surface area contributed by atoms with Gasteiger partial charge in [0.2, 0.25) is 5.91 Å². The second kappa shape index (κ2) is 6.78. The lowest BCUT2D eigenvalue weighted by Crippen LogP contribution is -2.37. The monoisotopic (exact) mass is 349 g/mol. The predicted molar refractivity (Wildman–Crippen MR) is 99.3 cm³/mol. The zero-order chi connectivity index (χ0) is 18.1. The summed E-state index contributed by atoms with van der Waals surface area (Å²) in [6, 6.07) is 12.0. The summed E-state index contributed by atoms with van der Waals surface area (Å²) in [4.78, 5) is 19.0. The molecule has 0 saturated carbocycles. The summed E-state index contributed by atoms with van der Waals surface area (Å²) in [7, 11) is 1.86. The number of carbonyl (C=O) groups is 1. The van der Waals surface area contributed by atoms with Gasteiger partial charge in [0.1, 0.15) is 5.82 Å². The fraction of sp³-hybridized carbons (Fsp3) is 0.350. The van der Waals surface area contributed by atoms with Gasteiger partial charge in [-0.05, 0) is 25.8 Å². The first-order chi connectivity index (χ1) is 12.6. The van der Waals surface area contributed by atoms with Crippen LogP contribution in [0.3, 0.4) is 0 Å². The van der Waals surface area contributed by atoms with Crippen LogP contribution in [0.15, 0.2) is 42.6 Å². The SMILES string of the molecule is Cc1ncc2n1CC(C(=O)N(C)Cc1cc(-c3ccccc3)n[nH]1)CC2. The molecule has 1 aromatic carbocycles. The molecule has 0 saturated heterocycles. The molecule has 0 fully saturated rings. The molecule has 1 atom stereocenters. The van der Waals surface area contributed by atoms with Crippen LogP contribution in [-0.4, -0.2) is 37.6 Å². The van der Waals surface area contributed by atoms with Gasteiger partial charge in [0.25, 0.3) is 0 Å². The van der Waals surface area contributed by atoms with Gasteiger partial charge in [-0.25, -0.2) is 4.98 Å². The highest BCUT2D eigenvalue weighted by Gasteiger charge is 2.28. The third-order valence-corrected chi connectivity index (χ3v) is 5.12. The number of aromatic amines is 1. The molecule has 134 valence electrons. The lowest BCUT2D eigenvalue weighted by Gasteiger charge is -2.28. The first-order valence-electron chi connectivity index (χ1n) is 8.97. The Balaban J connectivity index is 1.42. The fourth-order valence-corrected chi connectivity index (χ4v) is 3.64. The lowest BCUT2D eigenvalue weighted by molar-refractivity contribution is -0.135. The molecule has 3 aromatic rings. The van der Waals surface area contributed by atoms with Crippen molar-refractivity contribution < 1.29 is 4.79 Å². The Morgan fingerprint density at radius 1 is 1.35 bits per heavy atom. The minimum atomic E-state index is 0.0110. The standard InChI is InChI=1S/C20H23N5O/c1-14-21-11-18-9-8-16(12-25(14)18)20(26)24(2)13-17-10-19(23-22-17)15-6-4-3-5-7-15/h3-7,10-11,16H,8-9,12-13H2,1-2H3,(H,22,23). The zero-order valence-corrected chi connectivity index (χ0v) is 15.1. The minimum absolute atomic E-state index is 0.0110. The maximum absolute atomic E-state index is 12.9. The topological polar surface area (TPSA) is 66.8 Å². The molecule has 1 unspecified atom stereocenters. The zero-order valence-electron chi connectivity index (χ0n) is 15.1. The summed E-state index contributed by atoms with van der Waals surface area (Å²) in [6.07, 6.45) is 3.72. The molecule has 1 aliphatic heterocycles. The number of hydrogen-bond donors (Lipinski definition) is 1. The largest absolute Gasteiger partial charge is 0.340 e. The quantitative estimate of drug-likeness (QED) is 0.788. The van der Waals surface area contributed by atoms with Gasteiger partial charge in [-0.2, -0.15) is 5.10 Å². The van der Waals surface area contributed by atoms with Gasteiger partial charge in [0.05, 0.1) is 23.9 Å². The summed E-state index contributed by atoms with van der Waals surface area (Å²) in [5.41, 5.74) is 4.14. The Hall–Kier alpha value is -2.89. The number of nitrogens with zero attached hydrogens (tertiary/aromatic N) is 4. The van der Waals surface area contributed by atoms with Crippen LogP contribution >= 0.6 is 0 Å². The van der Waals surface area contributed by atoms with Gasteiger partial charge < -0.3 is 9.47 Å². The van der Waals surface area contributed by atoms with Crippen molar-refractivity contribution in [2.75, 3.05) is 7.05 Å². The van der Waals surface area contributed by atoms with Crippen LogP contribution in [0, 0.1) is 12.8 Å². The highest BCUT2D eigenvalue weighted by atomic mass is 16.2. The molecule has 1 aliphatic rings. The number of fused-ring (bicyclic) bond motifs is 1.